The number of nitrogens with one attached hydrogen (secondary N) is 1. The van der Waals surface area contributed by atoms with Crippen LogP contribution in [-0.4, -0.2) is 28.1 Å². The van der Waals surface area contributed by atoms with Crippen molar-refractivity contribution in [2.75, 3.05) is 19.0 Å². The molecule has 4 rings (SSSR count). The molecule has 1 N–H and O–H groups in total. The molecule has 2 heterocycles. The van der Waals surface area contributed by atoms with Gasteiger partial charge in [-0.2, -0.15) is 0 Å². The Labute approximate surface area is 176 Å². The zero-order chi connectivity index (χ0) is 20.8. The van der Waals surface area contributed by atoms with Gasteiger partial charge in [-0.15, -0.1) is 0 Å². The van der Waals surface area contributed by atoms with Crippen LogP contribution in [-0.2, 0) is 6.54 Å². The van der Waals surface area contributed by atoms with Crippen molar-refractivity contribution >= 4 is 11.6 Å². The molecule has 0 saturated carbocycles. The van der Waals surface area contributed by atoms with E-state index >= 15 is 0 Å². The summed E-state index contributed by atoms with van der Waals surface area (Å²) in [6.45, 7) is 3.56. The molecular weight excluding hydrogens is 376 g/mol. The van der Waals surface area contributed by atoms with E-state index in [9.17, 15) is 0 Å². The highest BCUT2D eigenvalue weighted by Crippen LogP contribution is 2.30. The average Bonchev–Trinajstić information content (AvgIpc) is 3.17. The first-order valence-corrected chi connectivity index (χ1v) is 10.2. The molecule has 0 bridgehead atoms. The number of imidazole rings is 1. The molecule has 0 saturated heterocycles. The number of methoxy groups -OCH3 is 1. The van der Waals surface area contributed by atoms with Gasteiger partial charge >= 0.3 is 0 Å². The van der Waals surface area contributed by atoms with Crippen LogP contribution in [0.1, 0.15) is 25.3 Å². The molecule has 2 aromatic heterocycles. The molecule has 6 heteroatoms. The third-order valence-electron chi connectivity index (χ3n) is 4.92. The number of benzene rings is 2. The van der Waals surface area contributed by atoms with E-state index in [1.54, 1.807) is 13.3 Å². The minimum absolute atomic E-state index is 0.660. The average molecular weight is 402 g/mol. The maximum absolute atomic E-state index is 5.79. The van der Waals surface area contributed by atoms with Gasteiger partial charge < -0.3 is 14.8 Å². The van der Waals surface area contributed by atoms with E-state index in [4.69, 9.17) is 14.5 Å². The summed E-state index contributed by atoms with van der Waals surface area (Å²) in [5.74, 6) is 3.29. The van der Waals surface area contributed by atoms with E-state index in [1.165, 1.54) is 0 Å². The van der Waals surface area contributed by atoms with Gasteiger partial charge in [-0.1, -0.05) is 25.5 Å². The van der Waals surface area contributed by atoms with Gasteiger partial charge in [0, 0.05) is 24.5 Å². The van der Waals surface area contributed by atoms with E-state index in [-0.39, 0.29) is 0 Å². The Kier molecular flexibility index (Phi) is 6.13. The van der Waals surface area contributed by atoms with Gasteiger partial charge in [-0.05, 0) is 54.4 Å². The van der Waals surface area contributed by atoms with Gasteiger partial charge in [0.1, 0.15) is 23.0 Å². The van der Waals surface area contributed by atoms with Gasteiger partial charge in [-0.25, -0.2) is 9.97 Å². The largest absolute Gasteiger partial charge is 0.497 e. The number of nitrogens with zero attached hydrogens (tertiary/aromatic N) is 3. The minimum Gasteiger partial charge on any atom is -0.497 e. The van der Waals surface area contributed by atoms with E-state index in [1.807, 2.05) is 53.1 Å². The fourth-order valence-electron chi connectivity index (χ4n) is 3.23. The topological polar surface area (TPSA) is 60.7 Å². The number of aromatic nitrogens is 3. The lowest BCUT2D eigenvalue weighted by molar-refractivity contribution is 0.309. The van der Waals surface area contributed by atoms with Gasteiger partial charge in [-0.3, -0.25) is 4.40 Å². The molecule has 0 aliphatic rings. The van der Waals surface area contributed by atoms with Crippen LogP contribution >= 0.6 is 0 Å². The quantitative estimate of drug-likeness (QED) is 0.390. The highest BCUT2D eigenvalue weighted by Gasteiger charge is 2.14. The van der Waals surface area contributed by atoms with Crippen LogP contribution in [0, 0.1) is 0 Å². The molecule has 0 aliphatic carbocycles. The lowest BCUT2D eigenvalue weighted by Gasteiger charge is -2.10. The molecule has 30 heavy (non-hydrogen) atoms. The van der Waals surface area contributed by atoms with E-state index in [0.717, 1.165) is 53.6 Å². The first kappa shape index (κ1) is 19.8. The minimum atomic E-state index is 0.660. The molecule has 2 aromatic carbocycles. The Morgan fingerprint density at radius 1 is 1.00 bits per heavy atom. The molecule has 0 atom stereocenters. The first-order valence-electron chi connectivity index (χ1n) is 10.2. The summed E-state index contributed by atoms with van der Waals surface area (Å²) in [6, 6.07) is 18.0. The standard InChI is InChI=1S/C24H26N4O2/c1-3-4-16-30-21-12-8-19(9-13-21)22-23(28-15-5-14-25-24(28)27-22)26-17-18-6-10-20(29-2)11-7-18/h5-15,26H,3-4,16-17H2,1-2H3. The zero-order valence-corrected chi connectivity index (χ0v) is 17.3. The number of hydrogen-bond acceptors (Lipinski definition) is 5. The maximum atomic E-state index is 5.79. The second-order valence-electron chi connectivity index (χ2n) is 7.03. The summed E-state index contributed by atoms with van der Waals surface area (Å²) in [5, 5.41) is 3.53. The van der Waals surface area contributed by atoms with Crippen LogP contribution < -0.4 is 14.8 Å². The summed E-state index contributed by atoms with van der Waals surface area (Å²) < 4.78 is 13.0. The third kappa shape index (κ3) is 4.38. The van der Waals surface area contributed by atoms with Gasteiger partial charge in [0.2, 0.25) is 5.78 Å². The second kappa shape index (κ2) is 9.31. The number of hydrogen-bond donors (Lipinski definition) is 1. The fourth-order valence-corrected chi connectivity index (χ4v) is 3.23. The Morgan fingerprint density at radius 3 is 2.50 bits per heavy atom. The molecule has 154 valence electrons. The molecular formula is C24H26N4O2. The van der Waals surface area contributed by atoms with E-state index in [2.05, 4.69) is 29.4 Å². The third-order valence-corrected chi connectivity index (χ3v) is 4.92. The summed E-state index contributed by atoms with van der Waals surface area (Å²) in [7, 11) is 1.67. The predicted octanol–water partition coefficient (Wildman–Crippen LogP) is 5.20. The summed E-state index contributed by atoms with van der Waals surface area (Å²) in [5.41, 5.74) is 3.03. The van der Waals surface area contributed by atoms with Crippen molar-refractivity contribution < 1.29 is 9.47 Å². The van der Waals surface area contributed by atoms with Crippen LogP contribution in [0.25, 0.3) is 17.0 Å². The monoisotopic (exact) mass is 402 g/mol. The Balaban J connectivity index is 1.59. The molecule has 0 aliphatic heterocycles. The number of fused-ring (bicyclic) bond motifs is 1. The molecule has 0 spiro atoms. The van der Waals surface area contributed by atoms with Crippen molar-refractivity contribution in [2.45, 2.75) is 26.3 Å². The lowest BCUT2D eigenvalue weighted by Crippen LogP contribution is -2.03. The molecule has 0 radical (unpaired) electrons. The fraction of sp³-hybridized carbons (Fsp3) is 0.250. The first-order chi connectivity index (χ1) is 14.8. The van der Waals surface area contributed by atoms with Gasteiger partial charge in [0.15, 0.2) is 0 Å². The molecule has 6 nitrogen and oxygen atoms in total. The number of rotatable bonds is 9. The van der Waals surface area contributed by atoms with Crippen LogP contribution in [0.15, 0.2) is 67.0 Å². The van der Waals surface area contributed by atoms with Crippen molar-refractivity contribution in [2.24, 2.45) is 0 Å². The maximum Gasteiger partial charge on any atom is 0.235 e. The molecule has 0 fully saturated rings. The van der Waals surface area contributed by atoms with Crippen LogP contribution in [0.4, 0.5) is 5.82 Å². The summed E-state index contributed by atoms with van der Waals surface area (Å²) >= 11 is 0. The number of unbranched alkanes of at least 4 members (excludes halogenated alkanes) is 1. The second-order valence-corrected chi connectivity index (χ2v) is 7.03. The number of anilines is 1. The van der Waals surface area contributed by atoms with Crippen molar-refractivity contribution in [3.8, 4) is 22.8 Å². The van der Waals surface area contributed by atoms with Crippen molar-refractivity contribution in [3.05, 3.63) is 72.6 Å². The highest BCUT2D eigenvalue weighted by molar-refractivity contribution is 5.76. The smallest absolute Gasteiger partial charge is 0.235 e. The van der Waals surface area contributed by atoms with E-state index < -0.39 is 0 Å². The number of ether oxygens (including phenoxy) is 2. The zero-order valence-electron chi connectivity index (χ0n) is 17.3. The van der Waals surface area contributed by atoms with Crippen LogP contribution in [0.3, 0.4) is 0 Å². The Bertz CT molecular complexity index is 1090. The van der Waals surface area contributed by atoms with Crippen molar-refractivity contribution in [1.29, 1.82) is 0 Å². The predicted molar refractivity (Wildman–Crippen MR) is 119 cm³/mol. The highest BCUT2D eigenvalue weighted by atomic mass is 16.5. The van der Waals surface area contributed by atoms with Gasteiger partial charge in [0.25, 0.3) is 0 Å². The SMILES string of the molecule is CCCCOc1ccc(-c2nc3ncccn3c2NCc2ccc(OC)cc2)cc1. The van der Waals surface area contributed by atoms with Crippen LogP contribution in [0.5, 0.6) is 11.5 Å². The summed E-state index contributed by atoms with van der Waals surface area (Å²) in [6.07, 6.45) is 5.90. The molecule has 0 unspecified atom stereocenters. The van der Waals surface area contributed by atoms with Crippen LogP contribution in [0.2, 0.25) is 0 Å². The van der Waals surface area contributed by atoms with Crippen molar-refractivity contribution in [1.82, 2.24) is 14.4 Å². The van der Waals surface area contributed by atoms with Crippen molar-refractivity contribution in [3.63, 3.8) is 0 Å². The Hall–Kier alpha value is -3.54. The summed E-state index contributed by atoms with van der Waals surface area (Å²) in [4.78, 5) is 9.16. The van der Waals surface area contributed by atoms with Gasteiger partial charge in [0.05, 0.1) is 13.7 Å². The molecule has 0 amide bonds. The molecule has 4 aromatic rings. The van der Waals surface area contributed by atoms with E-state index in [0.29, 0.717) is 12.3 Å². The lowest BCUT2D eigenvalue weighted by atomic mass is 10.1. The normalized spacial score (nSPS) is 10.9. The Morgan fingerprint density at radius 2 is 1.77 bits per heavy atom.